The second-order valence-corrected chi connectivity index (χ2v) is 5.03. The fraction of sp³-hybridized carbons (Fsp3) is 0.308. The van der Waals surface area contributed by atoms with E-state index in [1.165, 1.54) is 6.92 Å². The van der Waals surface area contributed by atoms with Crippen LogP contribution in [-0.2, 0) is 14.3 Å². The first-order valence-corrected chi connectivity index (χ1v) is 7.07. The van der Waals surface area contributed by atoms with E-state index < -0.39 is 11.2 Å². The Morgan fingerprint density at radius 1 is 1.33 bits per heavy atom. The van der Waals surface area contributed by atoms with E-state index in [0.717, 1.165) is 11.8 Å². The number of hydrogen-bond donors (Lipinski definition) is 0. The molecule has 2 aromatic heterocycles. The van der Waals surface area contributed by atoms with Crippen LogP contribution in [0.25, 0.3) is 11.5 Å². The maximum Gasteiger partial charge on any atom is 0.327 e. The molecule has 0 spiro atoms. The van der Waals surface area contributed by atoms with Gasteiger partial charge in [-0.25, -0.2) is 0 Å². The Kier molecular flexibility index (Phi) is 5.04. The van der Waals surface area contributed by atoms with Crippen molar-refractivity contribution in [2.75, 3.05) is 6.61 Å². The average Bonchev–Trinajstić information content (AvgIpc) is 2.94. The molecule has 2 rings (SSSR count). The normalized spacial score (nSPS) is 11.9. The zero-order chi connectivity index (χ0) is 15.2. The summed E-state index contributed by atoms with van der Waals surface area (Å²) in [6.45, 7) is 3.19. The average molecular weight is 307 g/mol. The summed E-state index contributed by atoms with van der Waals surface area (Å²) in [4.78, 5) is 27.1. The summed E-state index contributed by atoms with van der Waals surface area (Å²) >= 11 is 0.880. The van der Waals surface area contributed by atoms with Crippen molar-refractivity contribution in [2.45, 2.75) is 24.3 Å². The van der Waals surface area contributed by atoms with Crippen LogP contribution >= 0.6 is 11.8 Å². The van der Waals surface area contributed by atoms with Gasteiger partial charge in [0.25, 0.3) is 5.22 Å². The molecule has 0 saturated carbocycles. The Labute approximate surface area is 125 Å². The first kappa shape index (κ1) is 15.2. The molecule has 0 aliphatic carbocycles. The lowest BCUT2D eigenvalue weighted by molar-refractivity contribution is -0.144. The number of aromatic nitrogens is 3. The zero-order valence-corrected chi connectivity index (χ0v) is 12.3. The Balaban J connectivity index is 2.14. The first-order valence-electron chi connectivity index (χ1n) is 6.19. The van der Waals surface area contributed by atoms with Crippen molar-refractivity contribution in [1.29, 1.82) is 0 Å². The highest BCUT2D eigenvalue weighted by molar-refractivity contribution is 8.01. The van der Waals surface area contributed by atoms with E-state index in [1.807, 2.05) is 0 Å². The van der Waals surface area contributed by atoms with E-state index in [2.05, 4.69) is 15.2 Å². The van der Waals surface area contributed by atoms with Crippen LogP contribution in [0, 0.1) is 0 Å². The van der Waals surface area contributed by atoms with E-state index in [-0.39, 0.29) is 17.6 Å². The predicted molar refractivity (Wildman–Crippen MR) is 74.5 cm³/mol. The van der Waals surface area contributed by atoms with Crippen molar-refractivity contribution in [1.82, 2.24) is 15.2 Å². The number of nitrogens with zero attached hydrogens (tertiary/aromatic N) is 3. The van der Waals surface area contributed by atoms with Gasteiger partial charge in [-0.3, -0.25) is 14.6 Å². The highest BCUT2D eigenvalue weighted by Gasteiger charge is 2.28. The molecule has 0 N–H and O–H groups in total. The molecule has 0 amide bonds. The van der Waals surface area contributed by atoms with Crippen molar-refractivity contribution < 1.29 is 18.7 Å². The number of hydrogen-bond acceptors (Lipinski definition) is 8. The molecule has 8 heteroatoms. The number of ether oxygens (including phenoxy) is 1. The Morgan fingerprint density at radius 2 is 2.05 bits per heavy atom. The van der Waals surface area contributed by atoms with Crippen LogP contribution in [0.1, 0.15) is 13.8 Å². The summed E-state index contributed by atoms with van der Waals surface area (Å²) in [7, 11) is 0. The van der Waals surface area contributed by atoms with Gasteiger partial charge >= 0.3 is 5.97 Å². The molecule has 1 atom stereocenters. The monoisotopic (exact) mass is 307 g/mol. The van der Waals surface area contributed by atoms with Crippen LogP contribution in [-0.4, -0.2) is 38.8 Å². The fourth-order valence-corrected chi connectivity index (χ4v) is 2.23. The van der Waals surface area contributed by atoms with E-state index >= 15 is 0 Å². The number of pyridine rings is 1. The lowest BCUT2D eigenvalue weighted by Gasteiger charge is -2.09. The summed E-state index contributed by atoms with van der Waals surface area (Å²) in [5, 5.41) is 6.83. The van der Waals surface area contributed by atoms with Gasteiger partial charge in [0.05, 0.1) is 6.61 Å². The molecule has 2 aromatic rings. The van der Waals surface area contributed by atoms with Crippen molar-refractivity contribution in [3.05, 3.63) is 24.5 Å². The molecule has 2 heterocycles. The Bertz CT molecular complexity index is 629. The van der Waals surface area contributed by atoms with Crippen LogP contribution in [0.2, 0.25) is 0 Å². The standard InChI is InChI=1S/C13H13N3O4S/c1-3-19-12(18)10(8(2)17)21-13-16-15-11(20-13)9-4-6-14-7-5-9/h4-7,10H,3H2,1-2H3. The molecule has 110 valence electrons. The molecule has 0 radical (unpaired) electrons. The minimum absolute atomic E-state index is 0.134. The molecule has 1 unspecified atom stereocenters. The van der Waals surface area contributed by atoms with Crippen molar-refractivity contribution in [3.63, 3.8) is 0 Å². The van der Waals surface area contributed by atoms with Gasteiger partial charge in [0.1, 0.15) is 0 Å². The van der Waals surface area contributed by atoms with Crippen LogP contribution in [0.5, 0.6) is 0 Å². The second kappa shape index (κ2) is 6.98. The van der Waals surface area contributed by atoms with Crippen LogP contribution in [0.15, 0.2) is 34.2 Å². The topological polar surface area (TPSA) is 95.2 Å². The summed E-state index contributed by atoms with van der Waals surface area (Å²) in [6.07, 6.45) is 3.20. The van der Waals surface area contributed by atoms with Crippen molar-refractivity contribution in [2.24, 2.45) is 0 Å². The van der Waals surface area contributed by atoms with Crippen LogP contribution < -0.4 is 0 Å². The van der Waals surface area contributed by atoms with Gasteiger partial charge in [0, 0.05) is 18.0 Å². The van der Waals surface area contributed by atoms with Crippen LogP contribution in [0.3, 0.4) is 0 Å². The van der Waals surface area contributed by atoms with Gasteiger partial charge in [-0.1, -0.05) is 0 Å². The smallest absolute Gasteiger partial charge is 0.327 e. The largest absolute Gasteiger partial charge is 0.465 e. The molecule has 0 aliphatic rings. The van der Waals surface area contributed by atoms with Crippen LogP contribution in [0.4, 0.5) is 0 Å². The number of carbonyl (C=O) groups is 2. The molecule has 0 aromatic carbocycles. The van der Waals surface area contributed by atoms with Crippen molar-refractivity contribution in [3.8, 4) is 11.5 Å². The van der Waals surface area contributed by atoms with Crippen molar-refractivity contribution >= 4 is 23.5 Å². The summed E-state index contributed by atoms with van der Waals surface area (Å²) in [5.41, 5.74) is 0.708. The third-order valence-electron chi connectivity index (χ3n) is 2.42. The Hall–Kier alpha value is -2.22. The third-order valence-corrected chi connectivity index (χ3v) is 3.55. The molecule has 0 bridgehead atoms. The molecule has 0 fully saturated rings. The minimum atomic E-state index is -1.00. The predicted octanol–water partition coefficient (Wildman–Crippen LogP) is 1.74. The second-order valence-electron chi connectivity index (χ2n) is 3.97. The van der Waals surface area contributed by atoms with E-state index in [0.29, 0.717) is 11.5 Å². The highest BCUT2D eigenvalue weighted by Crippen LogP contribution is 2.27. The number of rotatable bonds is 6. The zero-order valence-electron chi connectivity index (χ0n) is 11.5. The molecule has 0 aliphatic heterocycles. The van der Waals surface area contributed by atoms with E-state index in [1.54, 1.807) is 31.5 Å². The maximum atomic E-state index is 11.7. The minimum Gasteiger partial charge on any atom is -0.465 e. The molecular weight excluding hydrogens is 294 g/mol. The van der Waals surface area contributed by atoms with Gasteiger partial charge in [0.15, 0.2) is 11.0 Å². The first-order chi connectivity index (χ1) is 10.1. The third kappa shape index (κ3) is 3.88. The lowest BCUT2D eigenvalue weighted by Crippen LogP contribution is -2.27. The quantitative estimate of drug-likeness (QED) is 0.452. The number of carbonyl (C=O) groups excluding carboxylic acids is 2. The SMILES string of the molecule is CCOC(=O)C(Sc1nnc(-c2ccncc2)o1)C(C)=O. The van der Waals surface area contributed by atoms with E-state index in [4.69, 9.17) is 9.15 Å². The molecule has 0 saturated heterocycles. The Morgan fingerprint density at radius 3 is 2.67 bits per heavy atom. The highest BCUT2D eigenvalue weighted by atomic mass is 32.2. The molecule has 7 nitrogen and oxygen atoms in total. The number of esters is 1. The van der Waals surface area contributed by atoms with Gasteiger partial charge in [-0.15, -0.1) is 10.2 Å². The molecule has 21 heavy (non-hydrogen) atoms. The van der Waals surface area contributed by atoms with Gasteiger partial charge in [-0.2, -0.15) is 0 Å². The molecular formula is C13H13N3O4S. The van der Waals surface area contributed by atoms with E-state index in [9.17, 15) is 9.59 Å². The number of thioether (sulfide) groups is 1. The summed E-state index contributed by atoms with van der Waals surface area (Å²) in [5.74, 6) is -0.646. The van der Waals surface area contributed by atoms with Gasteiger partial charge < -0.3 is 9.15 Å². The van der Waals surface area contributed by atoms with Gasteiger partial charge in [0.2, 0.25) is 5.89 Å². The van der Waals surface area contributed by atoms with Gasteiger partial charge in [-0.05, 0) is 37.7 Å². The summed E-state index contributed by atoms with van der Waals surface area (Å²) in [6, 6.07) is 3.44. The maximum absolute atomic E-state index is 11.7. The number of Topliss-reactive ketones (excluding diaryl/α,β-unsaturated/α-hetero) is 1. The lowest BCUT2D eigenvalue weighted by atomic mass is 10.3. The fourth-order valence-electron chi connectivity index (χ4n) is 1.48. The summed E-state index contributed by atoms with van der Waals surface area (Å²) < 4.78 is 10.3. The number of ketones is 1.